The van der Waals surface area contributed by atoms with Crippen molar-refractivity contribution in [3.63, 3.8) is 0 Å². The number of carbonyl (C=O) groups is 1. The third-order valence-electron chi connectivity index (χ3n) is 5.53. The molecule has 8 heteroatoms. The first-order valence-corrected chi connectivity index (χ1v) is 10.5. The average molecular weight is 432 g/mol. The summed E-state index contributed by atoms with van der Waals surface area (Å²) in [5.74, 6) is 1.07. The molecule has 1 heterocycles. The number of anilines is 1. The SMILES string of the molecule is CCC(C)c1ccc(OCC(=O)N2CCN(c3ccc(Cl)cc3[N+](=O)[O-])CC2)cc1. The van der Waals surface area contributed by atoms with Crippen molar-refractivity contribution in [1.29, 1.82) is 0 Å². The van der Waals surface area contributed by atoms with Crippen molar-refractivity contribution in [3.8, 4) is 5.75 Å². The third kappa shape index (κ3) is 5.21. The second-order valence-electron chi connectivity index (χ2n) is 7.42. The smallest absolute Gasteiger partial charge is 0.294 e. The summed E-state index contributed by atoms with van der Waals surface area (Å²) in [7, 11) is 0. The van der Waals surface area contributed by atoms with Crippen molar-refractivity contribution in [2.75, 3.05) is 37.7 Å². The van der Waals surface area contributed by atoms with Crippen LogP contribution in [0.25, 0.3) is 0 Å². The van der Waals surface area contributed by atoms with Gasteiger partial charge in [-0.2, -0.15) is 0 Å². The first-order chi connectivity index (χ1) is 14.4. The normalized spacial score (nSPS) is 15.0. The summed E-state index contributed by atoms with van der Waals surface area (Å²) in [4.78, 5) is 27.0. The molecule has 2 aromatic rings. The van der Waals surface area contributed by atoms with Gasteiger partial charge in [-0.1, -0.05) is 37.6 Å². The molecule has 3 rings (SSSR count). The zero-order valence-corrected chi connectivity index (χ0v) is 18.0. The molecule has 1 atom stereocenters. The molecule has 0 bridgehead atoms. The van der Waals surface area contributed by atoms with E-state index >= 15 is 0 Å². The molecule has 0 aliphatic carbocycles. The maximum atomic E-state index is 12.5. The molecule has 7 nitrogen and oxygen atoms in total. The molecule has 0 radical (unpaired) electrons. The Morgan fingerprint density at radius 3 is 2.43 bits per heavy atom. The number of hydrogen-bond donors (Lipinski definition) is 0. The molecule has 1 amide bonds. The minimum absolute atomic E-state index is 0.0218. The summed E-state index contributed by atoms with van der Waals surface area (Å²) in [6, 6.07) is 12.5. The summed E-state index contributed by atoms with van der Waals surface area (Å²) in [6.07, 6.45) is 1.07. The maximum absolute atomic E-state index is 12.5. The van der Waals surface area contributed by atoms with Crippen LogP contribution in [0.15, 0.2) is 42.5 Å². The van der Waals surface area contributed by atoms with E-state index in [4.69, 9.17) is 16.3 Å². The lowest BCUT2D eigenvalue weighted by Crippen LogP contribution is -2.50. The molecule has 0 N–H and O–H groups in total. The van der Waals surface area contributed by atoms with E-state index in [0.717, 1.165) is 6.42 Å². The number of rotatable bonds is 7. The van der Waals surface area contributed by atoms with Gasteiger partial charge in [-0.25, -0.2) is 0 Å². The highest BCUT2D eigenvalue weighted by Crippen LogP contribution is 2.31. The summed E-state index contributed by atoms with van der Waals surface area (Å²) in [5.41, 5.74) is 1.75. The van der Waals surface area contributed by atoms with Gasteiger partial charge in [-0.3, -0.25) is 14.9 Å². The fraction of sp³-hybridized carbons (Fsp3) is 0.409. The Bertz CT molecular complexity index is 896. The molecule has 1 fully saturated rings. The van der Waals surface area contributed by atoms with Crippen molar-refractivity contribution in [2.45, 2.75) is 26.2 Å². The zero-order chi connectivity index (χ0) is 21.7. The molecule has 0 saturated carbocycles. The van der Waals surface area contributed by atoms with Crippen LogP contribution in [-0.2, 0) is 4.79 Å². The molecule has 160 valence electrons. The molecule has 1 aliphatic rings. The van der Waals surface area contributed by atoms with E-state index in [1.165, 1.54) is 11.6 Å². The number of piperazine rings is 1. The molecule has 30 heavy (non-hydrogen) atoms. The van der Waals surface area contributed by atoms with E-state index in [-0.39, 0.29) is 18.2 Å². The molecular formula is C22H26ClN3O4. The van der Waals surface area contributed by atoms with Gasteiger partial charge in [0.05, 0.1) is 4.92 Å². The summed E-state index contributed by atoms with van der Waals surface area (Å²) >= 11 is 5.89. The standard InChI is InChI=1S/C22H26ClN3O4/c1-3-16(2)17-4-7-19(8-5-17)30-15-22(27)25-12-10-24(11-13-25)20-9-6-18(23)14-21(20)26(28)29/h4-9,14,16H,3,10-13,15H2,1-2H3. The lowest BCUT2D eigenvalue weighted by molar-refractivity contribution is -0.384. The van der Waals surface area contributed by atoms with Gasteiger partial charge in [-0.05, 0) is 42.2 Å². The van der Waals surface area contributed by atoms with Crippen LogP contribution >= 0.6 is 11.6 Å². The Hall–Kier alpha value is -2.80. The van der Waals surface area contributed by atoms with E-state index in [9.17, 15) is 14.9 Å². The average Bonchev–Trinajstić information content (AvgIpc) is 2.77. The van der Waals surface area contributed by atoms with Crippen LogP contribution in [0.2, 0.25) is 5.02 Å². The van der Waals surface area contributed by atoms with E-state index in [0.29, 0.717) is 48.6 Å². The van der Waals surface area contributed by atoms with Crippen LogP contribution in [0.5, 0.6) is 5.75 Å². The summed E-state index contributed by atoms with van der Waals surface area (Å²) in [6.45, 7) is 6.29. The number of benzene rings is 2. The number of ether oxygens (including phenoxy) is 1. The van der Waals surface area contributed by atoms with E-state index in [1.54, 1.807) is 17.0 Å². The molecule has 1 unspecified atom stereocenters. The predicted molar refractivity (Wildman–Crippen MR) is 118 cm³/mol. The summed E-state index contributed by atoms with van der Waals surface area (Å²) in [5, 5.41) is 11.7. The van der Waals surface area contributed by atoms with Gasteiger partial charge in [0.2, 0.25) is 0 Å². The van der Waals surface area contributed by atoms with E-state index < -0.39 is 4.92 Å². The third-order valence-corrected chi connectivity index (χ3v) is 5.77. The summed E-state index contributed by atoms with van der Waals surface area (Å²) < 4.78 is 5.66. The van der Waals surface area contributed by atoms with Gasteiger partial charge in [0.15, 0.2) is 6.61 Å². The minimum Gasteiger partial charge on any atom is -0.484 e. The Balaban J connectivity index is 1.53. The number of amides is 1. The minimum atomic E-state index is -0.431. The number of nitrogens with zero attached hydrogens (tertiary/aromatic N) is 3. The van der Waals surface area contributed by atoms with Crippen molar-refractivity contribution in [1.82, 2.24) is 4.90 Å². The first kappa shape index (κ1) is 21.9. The van der Waals surface area contributed by atoms with Gasteiger partial charge in [-0.15, -0.1) is 0 Å². The highest BCUT2D eigenvalue weighted by molar-refractivity contribution is 6.30. The predicted octanol–water partition coefficient (Wildman–Crippen LogP) is 4.49. The van der Waals surface area contributed by atoms with E-state index in [2.05, 4.69) is 13.8 Å². The molecular weight excluding hydrogens is 406 g/mol. The molecule has 1 saturated heterocycles. The highest BCUT2D eigenvalue weighted by atomic mass is 35.5. The highest BCUT2D eigenvalue weighted by Gasteiger charge is 2.26. The van der Waals surface area contributed by atoms with Crippen LogP contribution < -0.4 is 9.64 Å². The van der Waals surface area contributed by atoms with Gasteiger partial charge < -0.3 is 14.5 Å². The Morgan fingerprint density at radius 2 is 1.83 bits per heavy atom. The topological polar surface area (TPSA) is 75.9 Å². The number of nitro groups is 1. The Kier molecular flexibility index (Phi) is 7.15. The van der Waals surface area contributed by atoms with Crippen LogP contribution in [0.1, 0.15) is 31.7 Å². The maximum Gasteiger partial charge on any atom is 0.294 e. The van der Waals surface area contributed by atoms with Gasteiger partial charge in [0.25, 0.3) is 11.6 Å². The van der Waals surface area contributed by atoms with Crippen LogP contribution in [-0.4, -0.2) is 48.5 Å². The van der Waals surface area contributed by atoms with Gasteiger partial charge >= 0.3 is 0 Å². The quantitative estimate of drug-likeness (QED) is 0.477. The number of halogens is 1. The number of nitro benzene ring substituents is 1. The van der Waals surface area contributed by atoms with Crippen molar-refractivity contribution in [2.24, 2.45) is 0 Å². The van der Waals surface area contributed by atoms with Crippen molar-refractivity contribution < 1.29 is 14.5 Å². The zero-order valence-electron chi connectivity index (χ0n) is 17.2. The molecule has 0 spiro atoms. The molecule has 0 aromatic heterocycles. The largest absolute Gasteiger partial charge is 0.484 e. The second-order valence-corrected chi connectivity index (χ2v) is 7.86. The van der Waals surface area contributed by atoms with Crippen molar-refractivity contribution in [3.05, 3.63) is 63.2 Å². The van der Waals surface area contributed by atoms with Crippen LogP contribution in [0, 0.1) is 10.1 Å². The fourth-order valence-electron chi connectivity index (χ4n) is 3.47. The number of carbonyl (C=O) groups excluding carboxylic acids is 1. The van der Waals surface area contributed by atoms with Gasteiger partial charge in [0.1, 0.15) is 11.4 Å². The van der Waals surface area contributed by atoms with Crippen molar-refractivity contribution >= 4 is 28.9 Å². The van der Waals surface area contributed by atoms with E-state index in [1.807, 2.05) is 29.2 Å². The number of hydrogen-bond acceptors (Lipinski definition) is 5. The van der Waals surface area contributed by atoms with Gasteiger partial charge in [0, 0.05) is 37.3 Å². The second kappa shape index (κ2) is 9.80. The van der Waals surface area contributed by atoms with Crippen LogP contribution in [0.3, 0.4) is 0 Å². The van der Waals surface area contributed by atoms with Crippen LogP contribution in [0.4, 0.5) is 11.4 Å². The molecule has 1 aliphatic heterocycles. The molecule has 2 aromatic carbocycles. The Morgan fingerprint density at radius 1 is 1.17 bits per heavy atom. The fourth-order valence-corrected chi connectivity index (χ4v) is 3.64. The monoisotopic (exact) mass is 431 g/mol. The Labute approximate surface area is 181 Å². The lowest BCUT2D eigenvalue weighted by atomic mass is 9.99. The lowest BCUT2D eigenvalue weighted by Gasteiger charge is -2.35. The first-order valence-electron chi connectivity index (χ1n) is 10.1.